The number of hydrogen-bond acceptors (Lipinski definition) is 4. The minimum absolute atomic E-state index is 0.342. The van der Waals surface area contributed by atoms with Gasteiger partial charge in [-0.3, -0.25) is 9.58 Å². The molecule has 0 aromatic carbocycles. The highest BCUT2D eigenvalue weighted by Gasteiger charge is 2.21. The van der Waals surface area contributed by atoms with Gasteiger partial charge < -0.3 is 5.73 Å². The molecule has 0 saturated carbocycles. The molecular formula is C13H24N4S. The SMILES string of the molecule is CCCn1cc(C(CN)N2CCCSCC2)cn1. The van der Waals surface area contributed by atoms with Crippen molar-refractivity contribution in [3.05, 3.63) is 18.0 Å². The number of aromatic nitrogens is 2. The topological polar surface area (TPSA) is 47.1 Å². The number of hydrogen-bond donors (Lipinski definition) is 1. The van der Waals surface area contributed by atoms with Crippen LogP contribution >= 0.6 is 11.8 Å². The summed E-state index contributed by atoms with van der Waals surface area (Å²) in [6, 6.07) is 0.342. The first-order valence-corrected chi connectivity index (χ1v) is 8.04. The van der Waals surface area contributed by atoms with Gasteiger partial charge in [0.25, 0.3) is 0 Å². The van der Waals surface area contributed by atoms with Crippen molar-refractivity contribution in [2.24, 2.45) is 5.73 Å². The normalized spacial score (nSPS) is 19.7. The van der Waals surface area contributed by atoms with Gasteiger partial charge in [0.1, 0.15) is 0 Å². The highest BCUT2D eigenvalue weighted by atomic mass is 32.2. The lowest BCUT2D eigenvalue weighted by Crippen LogP contribution is -2.35. The fourth-order valence-electron chi connectivity index (χ4n) is 2.48. The maximum Gasteiger partial charge on any atom is 0.0538 e. The molecule has 4 nitrogen and oxygen atoms in total. The van der Waals surface area contributed by atoms with E-state index < -0.39 is 0 Å². The molecule has 1 aromatic rings. The molecule has 18 heavy (non-hydrogen) atoms. The average Bonchev–Trinajstić information content (AvgIpc) is 2.66. The van der Waals surface area contributed by atoms with E-state index in [9.17, 15) is 0 Å². The van der Waals surface area contributed by atoms with Crippen molar-refractivity contribution in [2.75, 3.05) is 31.1 Å². The van der Waals surface area contributed by atoms with Crippen LogP contribution in [0.2, 0.25) is 0 Å². The van der Waals surface area contributed by atoms with Crippen LogP contribution in [-0.2, 0) is 6.54 Å². The molecular weight excluding hydrogens is 244 g/mol. The van der Waals surface area contributed by atoms with Crippen LogP contribution in [0.4, 0.5) is 0 Å². The average molecular weight is 268 g/mol. The summed E-state index contributed by atoms with van der Waals surface area (Å²) in [6.07, 6.45) is 6.54. The van der Waals surface area contributed by atoms with Crippen molar-refractivity contribution in [1.82, 2.24) is 14.7 Å². The van der Waals surface area contributed by atoms with E-state index in [1.54, 1.807) is 0 Å². The lowest BCUT2D eigenvalue weighted by molar-refractivity contribution is 0.218. The summed E-state index contributed by atoms with van der Waals surface area (Å²) in [6.45, 7) is 6.16. The number of rotatable bonds is 5. The first kappa shape index (κ1) is 13.9. The van der Waals surface area contributed by atoms with Gasteiger partial charge in [-0.15, -0.1) is 0 Å². The molecule has 1 aliphatic rings. The Labute approximate surface area is 114 Å². The van der Waals surface area contributed by atoms with Crippen LogP contribution < -0.4 is 5.73 Å². The molecule has 2 N–H and O–H groups in total. The third kappa shape index (κ3) is 3.49. The minimum atomic E-state index is 0.342. The maximum absolute atomic E-state index is 5.98. The molecule has 1 saturated heterocycles. The van der Waals surface area contributed by atoms with Crippen molar-refractivity contribution >= 4 is 11.8 Å². The molecule has 2 rings (SSSR count). The van der Waals surface area contributed by atoms with Crippen LogP contribution in [0, 0.1) is 0 Å². The highest BCUT2D eigenvalue weighted by Crippen LogP contribution is 2.22. The Balaban J connectivity index is 2.05. The van der Waals surface area contributed by atoms with Gasteiger partial charge in [0.2, 0.25) is 0 Å². The van der Waals surface area contributed by atoms with Crippen LogP contribution in [-0.4, -0.2) is 45.8 Å². The van der Waals surface area contributed by atoms with Crippen LogP contribution in [0.15, 0.2) is 12.4 Å². The predicted molar refractivity (Wildman–Crippen MR) is 77.8 cm³/mol. The van der Waals surface area contributed by atoms with Crippen LogP contribution in [0.1, 0.15) is 31.4 Å². The Kier molecular flexibility index (Phi) is 5.53. The summed E-state index contributed by atoms with van der Waals surface area (Å²) in [5, 5.41) is 4.42. The zero-order valence-electron chi connectivity index (χ0n) is 11.2. The monoisotopic (exact) mass is 268 g/mol. The predicted octanol–water partition coefficient (Wildman–Crippen LogP) is 1.73. The summed E-state index contributed by atoms with van der Waals surface area (Å²) < 4.78 is 2.03. The largest absolute Gasteiger partial charge is 0.329 e. The van der Waals surface area contributed by atoms with Crippen LogP contribution in [0.5, 0.6) is 0 Å². The second-order valence-corrected chi connectivity index (χ2v) is 6.01. The van der Waals surface area contributed by atoms with Crippen molar-refractivity contribution in [1.29, 1.82) is 0 Å². The lowest BCUT2D eigenvalue weighted by atomic mass is 10.1. The molecule has 2 heterocycles. The fourth-order valence-corrected chi connectivity index (χ4v) is 3.38. The van der Waals surface area contributed by atoms with E-state index in [1.165, 1.54) is 23.5 Å². The molecule has 0 amide bonds. The summed E-state index contributed by atoms with van der Waals surface area (Å²) in [4.78, 5) is 2.52. The second kappa shape index (κ2) is 7.16. The Bertz CT molecular complexity index is 345. The molecule has 1 atom stereocenters. The third-order valence-electron chi connectivity index (χ3n) is 3.41. The van der Waals surface area contributed by atoms with E-state index in [0.717, 1.165) is 26.1 Å². The van der Waals surface area contributed by atoms with Crippen molar-refractivity contribution in [3.63, 3.8) is 0 Å². The zero-order valence-corrected chi connectivity index (χ0v) is 12.0. The number of nitrogens with two attached hydrogens (primary N) is 1. The van der Waals surface area contributed by atoms with Crippen molar-refractivity contribution < 1.29 is 0 Å². The van der Waals surface area contributed by atoms with Gasteiger partial charge in [0, 0.05) is 37.1 Å². The Morgan fingerprint density at radius 2 is 2.33 bits per heavy atom. The third-order valence-corrected chi connectivity index (χ3v) is 4.46. The first-order chi connectivity index (χ1) is 8.85. The number of aryl methyl sites for hydroxylation is 1. The summed E-state index contributed by atoms with van der Waals surface area (Å²) in [5.74, 6) is 2.50. The molecule has 1 unspecified atom stereocenters. The molecule has 1 fully saturated rings. The molecule has 5 heteroatoms. The summed E-state index contributed by atoms with van der Waals surface area (Å²) in [5.41, 5.74) is 7.26. The van der Waals surface area contributed by atoms with E-state index in [2.05, 4.69) is 34.9 Å². The van der Waals surface area contributed by atoms with Gasteiger partial charge in [-0.05, 0) is 25.1 Å². The number of thioether (sulfide) groups is 1. The zero-order chi connectivity index (χ0) is 12.8. The molecule has 0 radical (unpaired) electrons. The standard InChI is InChI=1S/C13H24N4S/c1-2-4-17-11-12(10-15-17)13(9-14)16-5-3-7-18-8-6-16/h10-11,13H,2-9,14H2,1H3. The van der Waals surface area contributed by atoms with Crippen LogP contribution in [0.3, 0.4) is 0 Å². The Hall–Kier alpha value is -0.520. The first-order valence-electron chi connectivity index (χ1n) is 6.89. The molecule has 1 aliphatic heterocycles. The smallest absolute Gasteiger partial charge is 0.0538 e. The summed E-state index contributed by atoms with van der Waals surface area (Å²) in [7, 11) is 0. The van der Waals surface area contributed by atoms with E-state index >= 15 is 0 Å². The van der Waals surface area contributed by atoms with Gasteiger partial charge in [0.15, 0.2) is 0 Å². The molecule has 0 aliphatic carbocycles. The summed E-state index contributed by atoms with van der Waals surface area (Å²) >= 11 is 2.05. The van der Waals surface area contributed by atoms with Gasteiger partial charge in [-0.25, -0.2) is 0 Å². The van der Waals surface area contributed by atoms with Crippen molar-refractivity contribution in [3.8, 4) is 0 Å². The van der Waals surface area contributed by atoms with Gasteiger partial charge in [0.05, 0.1) is 12.2 Å². The minimum Gasteiger partial charge on any atom is -0.329 e. The lowest BCUT2D eigenvalue weighted by Gasteiger charge is -2.28. The van der Waals surface area contributed by atoms with Gasteiger partial charge >= 0.3 is 0 Å². The fraction of sp³-hybridized carbons (Fsp3) is 0.769. The van der Waals surface area contributed by atoms with E-state index in [0.29, 0.717) is 12.6 Å². The van der Waals surface area contributed by atoms with Gasteiger partial charge in [-0.1, -0.05) is 6.92 Å². The molecule has 102 valence electrons. The quantitative estimate of drug-likeness (QED) is 0.883. The Morgan fingerprint density at radius 1 is 1.44 bits per heavy atom. The maximum atomic E-state index is 5.98. The van der Waals surface area contributed by atoms with E-state index in [-0.39, 0.29) is 0 Å². The molecule has 1 aromatic heterocycles. The number of nitrogens with zero attached hydrogens (tertiary/aromatic N) is 3. The van der Waals surface area contributed by atoms with Crippen molar-refractivity contribution in [2.45, 2.75) is 32.4 Å². The second-order valence-electron chi connectivity index (χ2n) is 4.79. The van der Waals surface area contributed by atoms with E-state index in [1.807, 2.05) is 10.9 Å². The highest BCUT2D eigenvalue weighted by molar-refractivity contribution is 7.99. The Morgan fingerprint density at radius 3 is 3.11 bits per heavy atom. The van der Waals surface area contributed by atoms with Crippen LogP contribution in [0.25, 0.3) is 0 Å². The molecule has 0 spiro atoms. The van der Waals surface area contributed by atoms with Gasteiger partial charge in [-0.2, -0.15) is 16.9 Å². The molecule has 0 bridgehead atoms. The van der Waals surface area contributed by atoms with E-state index in [4.69, 9.17) is 5.73 Å².